The normalized spacial score (nSPS) is 26.0. The lowest BCUT2D eigenvalue weighted by Gasteiger charge is -2.30. The number of hydrogen-bond donors (Lipinski definition) is 0. The van der Waals surface area contributed by atoms with E-state index in [-0.39, 0.29) is 12.7 Å². The van der Waals surface area contributed by atoms with E-state index < -0.39 is 24.1 Å². The van der Waals surface area contributed by atoms with Gasteiger partial charge in [-0.25, -0.2) is 0 Å². The topological polar surface area (TPSA) is 46.2 Å². The van der Waals surface area contributed by atoms with Crippen LogP contribution in [0.2, 0.25) is 0 Å². The molecule has 0 aromatic heterocycles. The summed E-state index contributed by atoms with van der Waals surface area (Å²) in [6, 6.07) is 19.8. The molecule has 1 heterocycles. The van der Waals surface area contributed by atoms with Crippen molar-refractivity contribution in [2.24, 2.45) is 0 Å². The van der Waals surface area contributed by atoms with Gasteiger partial charge < -0.3 is 23.7 Å². The first-order valence-electron chi connectivity index (χ1n) is 10.2. The molecule has 5 nitrogen and oxygen atoms in total. The second-order valence-corrected chi connectivity index (χ2v) is 7.60. The van der Waals surface area contributed by atoms with Crippen LogP contribution >= 0.6 is 0 Å². The molecule has 2 unspecified atom stereocenters. The van der Waals surface area contributed by atoms with Crippen molar-refractivity contribution >= 4 is 0 Å². The Hall–Kier alpha value is -2.20. The molecule has 30 heavy (non-hydrogen) atoms. The first-order valence-corrected chi connectivity index (χ1v) is 10.2. The lowest BCUT2D eigenvalue weighted by molar-refractivity contribution is -0.206. The number of terminal acetylenes is 1. The maximum absolute atomic E-state index is 6.26. The van der Waals surface area contributed by atoms with Crippen LogP contribution in [0.25, 0.3) is 0 Å². The highest BCUT2D eigenvalue weighted by atomic mass is 16.7. The van der Waals surface area contributed by atoms with Gasteiger partial charge in [-0.2, -0.15) is 0 Å². The summed E-state index contributed by atoms with van der Waals surface area (Å²) in [6.45, 7) is 4.85. The lowest BCUT2D eigenvalue weighted by atomic mass is 9.96. The summed E-state index contributed by atoms with van der Waals surface area (Å²) >= 11 is 0. The summed E-state index contributed by atoms with van der Waals surface area (Å²) in [5, 5.41) is 0. The molecule has 0 saturated carbocycles. The molecule has 0 amide bonds. The highest BCUT2D eigenvalue weighted by molar-refractivity contribution is 5.20. The van der Waals surface area contributed by atoms with Crippen molar-refractivity contribution in [1.29, 1.82) is 0 Å². The summed E-state index contributed by atoms with van der Waals surface area (Å²) in [5.41, 5.74) is 0.975. The van der Waals surface area contributed by atoms with E-state index in [1.54, 1.807) is 7.11 Å². The van der Waals surface area contributed by atoms with Gasteiger partial charge in [0.25, 0.3) is 0 Å². The minimum absolute atomic E-state index is 0.0544. The van der Waals surface area contributed by atoms with Crippen LogP contribution in [0, 0.1) is 12.3 Å². The van der Waals surface area contributed by atoms with Gasteiger partial charge in [0.15, 0.2) is 11.9 Å². The molecule has 1 saturated heterocycles. The molecule has 0 aliphatic carbocycles. The van der Waals surface area contributed by atoms with Crippen LogP contribution in [0.5, 0.6) is 0 Å². The van der Waals surface area contributed by atoms with Gasteiger partial charge in [0.05, 0.1) is 25.9 Å². The quantitative estimate of drug-likeness (QED) is 0.555. The second kappa shape index (κ2) is 10.7. The van der Waals surface area contributed by atoms with E-state index in [0.717, 1.165) is 11.1 Å². The van der Waals surface area contributed by atoms with Crippen LogP contribution in [0.4, 0.5) is 0 Å². The molecule has 4 atom stereocenters. The zero-order valence-electron chi connectivity index (χ0n) is 17.8. The van der Waals surface area contributed by atoms with Gasteiger partial charge >= 0.3 is 0 Å². The Balaban J connectivity index is 1.77. The van der Waals surface area contributed by atoms with Gasteiger partial charge in [0.2, 0.25) is 0 Å². The fourth-order valence-corrected chi connectivity index (χ4v) is 3.52. The maximum Gasteiger partial charge on any atom is 0.188 e. The molecule has 2 aromatic rings. The number of benzene rings is 2. The molecule has 0 bridgehead atoms. The van der Waals surface area contributed by atoms with Crippen molar-refractivity contribution in [3.05, 3.63) is 71.8 Å². The molecule has 0 spiro atoms. The molecule has 3 rings (SSSR count). The highest BCUT2D eigenvalue weighted by Crippen LogP contribution is 2.37. The third-order valence-electron chi connectivity index (χ3n) is 4.98. The molecule has 0 N–H and O–H groups in total. The molecule has 1 aliphatic heterocycles. The first-order chi connectivity index (χ1) is 14.6. The van der Waals surface area contributed by atoms with Gasteiger partial charge in [-0.1, -0.05) is 66.6 Å². The van der Waals surface area contributed by atoms with Gasteiger partial charge in [0, 0.05) is 7.11 Å². The third-order valence-corrected chi connectivity index (χ3v) is 4.98. The van der Waals surface area contributed by atoms with E-state index in [9.17, 15) is 0 Å². The van der Waals surface area contributed by atoms with Crippen LogP contribution in [0.3, 0.4) is 0 Å². The van der Waals surface area contributed by atoms with Crippen molar-refractivity contribution in [3.63, 3.8) is 0 Å². The average Bonchev–Trinajstić information content (AvgIpc) is 3.05. The van der Waals surface area contributed by atoms with Gasteiger partial charge in [-0.15, -0.1) is 6.42 Å². The van der Waals surface area contributed by atoms with Crippen LogP contribution in [0.1, 0.15) is 25.0 Å². The molecule has 0 radical (unpaired) electrons. The molecule has 1 fully saturated rings. The summed E-state index contributed by atoms with van der Waals surface area (Å²) < 4.78 is 30.1. The molecular formula is C25H30O5. The largest absolute Gasteiger partial charge is 0.373 e. The Kier molecular flexibility index (Phi) is 8.03. The number of hydrogen-bond acceptors (Lipinski definition) is 5. The zero-order chi connectivity index (χ0) is 21.4. The predicted octanol–water partition coefficient (Wildman–Crippen LogP) is 3.96. The lowest BCUT2D eigenvalue weighted by Crippen LogP contribution is -2.48. The fraction of sp³-hybridized carbons (Fsp3) is 0.440. The third kappa shape index (κ3) is 5.48. The minimum atomic E-state index is -1.12. The monoisotopic (exact) mass is 410 g/mol. The Labute approximate surface area is 179 Å². The van der Waals surface area contributed by atoms with Crippen LogP contribution < -0.4 is 0 Å². The van der Waals surface area contributed by atoms with Gasteiger partial charge in [0.1, 0.15) is 12.2 Å². The van der Waals surface area contributed by atoms with Gasteiger partial charge in [-0.3, -0.25) is 0 Å². The minimum Gasteiger partial charge on any atom is -0.373 e. The summed E-state index contributed by atoms with van der Waals surface area (Å²) in [5.74, 6) is 2.79. The molecule has 1 aliphatic rings. The summed E-state index contributed by atoms with van der Waals surface area (Å²) in [7, 11) is 1.61. The smallest absolute Gasteiger partial charge is 0.188 e. The Morgan fingerprint density at radius 3 is 2.13 bits per heavy atom. The molecule has 160 valence electrons. The Morgan fingerprint density at radius 1 is 1.00 bits per heavy atom. The van der Waals surface area contributed by atoms with Crippen molar-refractivity contribution in [1.82, 2.24) is 0 Å². The predicted molar refractivity (Wildman–Crippen MR) is 115 cm³/mol. The van der Waals surface area contributed by atoms with E-state index in [4.69, 9.17) is 30.1 Å². The number of rotatable bonds is 10. The highest BCUT2D eigenvalue weighted by Gasteiger charge is 2.57. The Morgan fingerprint density at radius 2 is 1.60 bits per heavy atom. The standard InChI is InChI=1S/C25H30O5/c1-5-25(18-27-16-20-12-8-6-9-13-20)23(28-17-21-14-10-7-11-15-21)22(26-4)24(30-25)29-19(2)3/h1,6-15,19,22-24H,16-18H2,2-4H3/t22-,23+,24?,25?/m0/s1. The summed E-state index contributed by atoms with van der Waals surface area (Å²) in [4.78, 5) is 0. The second-order valence-electron chi connectivity index (χ2n) is 7.60. The van der Waals surface area contributed by atoms with Crippen LogP contribution in [-0.4, -0.2) is 43.9 Å². The maximum atomic E-state index is 6.26. The Bertz CT molecular complexity index is 801. The van der Waals surface area contributed by atoms with Crippen LogP contribution in [-0.2, 0) is 36.9 Å². The van der Waals surface area contributed by atoms with Crippen molar-refractivity contribution in [2.75, 3.05) is 13.7 Å². The molecular weight excluding hydrogens is 380 g/mol. The summed E-state index contributed by atoms with van der Waals surface area (Å²) in [6.07, 6.45) is 4.24. The molecule has 5 heteroatoms. The van der Waals surface area contributed by atoms with E-state index in [1.807, 2.05) is 74.5 Å². The number of ether oxygens (including phenoxy) is 5. The van der Waals surface area contributed by atoms with E-state index in [1.165, 1.54) is 0 Å². The number of methoxy groups -OCH3 is 1. The first kappa shape index (κ1) is 22.5. The average molecular weight is 411 g/mol. The van der Waals surface area contributed by atoms with Crippen LogP contribution in [0.15, 0.2) is 60.7 Å². The van der Waals surface area contributed by atoms with Crippen molar-refractivity contribution < 1.29 is 23.7 Å². The van der Waals surface area contributed by atoms with E-state index in [2.05, 4.69) is 5.92 Å². The zero-order valence-corrected chi connectivity index (χ0v) is 17.8. The fourth-order valence-electron chi connectivity index (χ4n) is 3.52. The van der Waals surface area contributed by atoms with E-state index >= 15 is 0 Å². The van der Waals surface area contributed by atoms with E-state index in [0.29, 0.717) is 13.2 Å². The van der Waals surface area contributed by atoms with Gasteiger partial charge in [-0.05, 0) is 25.0 Å². The van der Waals surface area contributed by atoms with Crippen molar-refractivity contribution in [3.8, 4) is 12.3 Å². The van der Waals surface area contributed by atoms with Crippen molar-refractivity contribution in [2.45, 2.75) is 57.3 Å². The molecule has 2 aromatic carbocycles. The SMILES string of the molecule is C#CC1(COCc2ccccc2)OC(OC(C)C)[C@@H](OC)[C@H]1OCc1ccccc1.